The van der Waals surface area contributed by atoms with E-state index in [-0.39, 0.29) is 12.6 Å². The molecule has 0 unspecified atom stereocenters. The molecule has 13 heavy (non-hydrogen) atoms. The Morgan fingerprint density at radius 1 is 1.46 bits per heavy atom. The zero-order valence-corrected chi connectivity index (χ0v) is 7.78. The summed E-state index contributed by atoms with van der Waals surface area (Å²) in [6.45, 7) is 0. The van der Waals surface area contributed by atoms with E-state index >= 15 is 0 Å². The molecular formula is C6H11NO5S. The quantitative estimate of drug-likeness (QED) is 0.392. The van der Waals surface area contributed by atoms with Crippen molar-refractivity contribution in [2.45, 2.75) is 12.2 Å². The van der Waals surface area contributed by atoms with Gasteiger partial charge in [0.05, 0.1) is 4.91 Å². The van der Waals surface area contributed by atoms with Crippen LogP contribution in [0.25, 0.3) is 0 Å². The standard InChI is InChI=1S/C6H8O5S.H3N/c7-6(8)4-2-1-3-5(6)12(9,10)11;/h1-3,7-8H,4H2,(H,9,10,11);1H3. The molecular weight excluding hydrogens is 198 g/mol. The minimum atomic E-state index is -4.77. The second-order valence-electron chi connectivity index (χ2n) is 2.43. The van der Waals surface area contributed by atoms with Crippen molar-refractivity contribution < 1.29 is 23.2 Å². The molecule has 0 atom stereocenters. The lowest BCUT2D eigenvalue weighted by molar-refractivity contribution is -0.119. The number of aliphatic hydroxyl groups is 2. The third-order valence-electron chi connectivity index (χ3n) is 1.45. The fourth-order valence-electron chi connectivity index (χ4n) is 0.905. The Kier molecular flexibility index (Phi) is 3.36. The van der Waals surface area contributed by atoms with Crippen LogP contribution in [0.2, 0.25) is 0 Å². The number of hydrogen-bond donors (Lipinski definition) is 3. The van der Waals surface area contributed by atoms with Gasteiger partial charge >= 0.3 is 0 Å². The van der Waals surface area contributed by atoms with Gasteiger partial charge in [-0.1, -0.05) is 12.2 Å². The number of allylic oxidation sites excluding steroid dienone is 2. The summed E-state index contributed by atoms with van der Waals surface area (Å²) in [6.07, 6.45) is 3.23. The maximum Gasteiger partial charge on any atom is 0.203 e. The Labute approximate surface area is 75.5 Å². The Morgan fingerprint density at radius 3 is 2.31 bits per heavy atom. The predicted molar refractivity (Wildman–Crippen MR) is 44.7 cm³/mol. The maximum atomic E-state index is 10.4. The van der Waals surface area contributed by atoms with Crippen LogP contribution in [0.4, 0.5) is 0 Å². The molecule has 6 N–H and O–H groups in total. The topological polar surface area (TPSA) is 134 Å². The fourth-order valence-corrected chi connectivity index (χ4v) is 1.63. The minimum absolute atomic E-state index is 0. The van der Waals surface area contributed by atoms with Gasteiger partial charge in [-0.3, -0.25) is 0 Å². The van der Waals surface area contributed by atoms with Crippen LogP contribution in [0.1, 0.15) is 6.42 Å². The van der Waals surface area contributed by atoms with Gasteiger partial charge in [0.25, 0.3) is 0 Å². The smallest absolute Gasteiger partial charge is 0.203 e. The van der Waals surface area contributed by atoms with Crippen molar-refractivity contribution in [2.24, 2.45) is 0 Å². The average Bonchev–Trinajstić information content (AvgIpc) is 1.83. The van der Waals surface area contributed by atoms with E-state index in [2.05, 4.69) is 0 Å². The summed E-state index contributed by atoms with van der Waals surface area (Å²) < 4.78 is 31.3. The highest BCUT2D eigenvalue weighted by Gasteiger charge is 2.32. The van der Waals surface area contributed by atoms with Crippen LogP contribution in [-0.4, -0.2) is 29.0 Å². The molecule has 1 aliphatic carbocycles. The van der Waals surface area contributed by atoms with Crippen molar-refractivity contribution in [3.63, 3.8) is 0 Å². The number of hydrogen-bond acceptors (Lipinski definition) is 5. The van der Waals surface area contributed by atoms with Gasteiger partial charge in [0.1, 0.15) is 10.1 Å². The molecule has 0 bridgehead atoms. The second kappa shape index (κ2) is 3.56. The second-order valence-corrected chi connectivity index (χ2v) is 3.78. The van der Waals surface area contributed by atoms with Crippen molar-refractivity contribution in [2.75, 3.05) is 0 Å². The van der Waals surface area contributed by atoms with Crippen LogP contribution >= 0.6 is 0 Å². The van der Waals surface area contributed by atoms with E-state index in [1.165, 1.54) is 12.2 Å². The zero-order valence-electron chi connectivity index (χ0n) is 6.97. The first-order valence-electron chi connectivity index (χ1n) is 3.12. The third kappa shape index (κ3) is 2.61. The molecule has 0 aromatic rings. The lowest BCUT2D eigenvalue weighted by Crippen LogP contribution is -2.35. The molecule has 0 saturated carbocycles. The van der Waals surface area contributed by atoms with Crippen molar-refractivity contribution >= 4 is 10.1 Å². The molecule has 0 saturated heterocycles. The molecule has 76 valence electrons. The van der Waals surface area contributed by atoms with Crippen LogP contribution in [0, 0.1) is 0 Å². The monoisotopic (exact) mass is 209 g/mol. The van der Waals surface area contributed by atoms with Crippen molar-refractivity contribution in [3.05, 3.63) is 23.1 Å². The molecule has 0 fully saturated rings. The summed E-state index contributed by atoms with van der Waals surface area (Å²) in [5.74, 6) is -2.55. The highest BCUT2D eigenvalue weighted by molar-refractivity contribution is 7.89. The van der Waals surface area contributed by atoms with Gasteiger partial charge in [0, 0.05) is 6.42 Å². The molecule has 1 aliphatic rings. The first-order valence-corrected chi connectivity index (χ1v) is 4.53. The van der Waals surface area contributed by atoms with E-state index in [4.69, 9.17) is 10.2 Å². The maximum absolute atomic E-state index is 10.4. The average molecular weight is 209 g/mol. The molecule has 0 aromatic carbocycles. The van der Waals surface area contributed by atoms with Gasteiger partial charge in [0.2, 0.25) is 5.79 Å². The van der Waals surface area contributed by atoms with E-state index in [9.17, 15) is 13.0 Å². The lowest BCUT2D eigenvalue weighted by Gasteiger charge is -2.27. The molecule has 6 nitrogen and oxygen atoms in total. The van der Waals surface area contributed by atoms with Crippen LogP contribution in [-0.2, 0) is 10.1 Å². The third-order valence-corrected chi connectivity index (χ3v) is 2.45. The van der Waals surface area contributed by atoms with Crippen LogP contribution < -0.4 is 6.15 Å². The van der Waals surface area contributed by atoms with E-state index < -0.39 is 20.8 Å². The first kappa shape index (κ1) is 12.3. The van der Waals surface area contributed by atoms with E-state index in [1.54, 1.807) is 0 Å². The molecule has 0 aliphatic heterocycles. The Balaban J connectivity index is 0.00000144. The summed E-state index contributed by atoms with van der Waals surface area (Å²) in [6, 6.07) is 0. The zero-order chi connectivity index (χ0) is 9.41. The van der Waals surface area contributed by atoms with Crippen molar-refractivity contribution in [3.8, 4) is 0 Å². The number of rotatable bonds is 1. The van der Waals surface area contributed by atoms with Gasteiger partial charge < -0.3 is 20.9 Å². The highest BCUT2D eigenvalue weighted by atomic mass is 32.2. The van der Waals surface area contributed by atoms with Crippen LogP contribution in [0.3, 0.4) is 0 Å². The Morgan fingerprint density at radius 2 is 2.00 bits per heavy atom. The van der Waals surface area contributed by atoms with Gasteiger partial charge in [-0.05, 0) is 6.08 Å². The van der Waals surface area contributed by atoms with Gasteiger partial charge in [-0.25, -0.2) is 8.42 Å². The SMILES string of the molecule is O=S(=O)([O-])C1=CC=CCC1(O)O.[NH4+]. The summed E-state index contributed by atoms with van der Waals surface area (Å²) in [5, 5.41) is 18.1. The van der Waals surface area contributed by atoms with Gasteiger partial charge in [0.15, 0.2) is 0 Å². The van der Waals surface area contributed by atoms with Crippen LogP contribution in [0.15, 0.2) is 23.1 Å². The minimum Gasteiger partial charge on any atom is -0.744 e. The molecule has 0 amide bonds. The lowest BCUT2D eigenvalue weighted by atomic mass is 10.1. The predicted octanol–water partition coefficient (Wildman–Crippen LogP) is -0.568. The molecule has 0 heterocycles. The fraction of sp³-hybridized carbons (Fsp3) is 0.333. The molecule has 0 radical (unpaired) electrons. The van der Waals surface area contributed by atoms with E-state index in [0.29, 0.717) is 0 Å². The number of quaternary nitrogens is 1. The Hall–Kier alpha value is -0.730. The largest absolute Gasteiger partial charge is 0.744 e. The van der Waals surface area contributed by atoms with Crippen molar-refractivity contribution in [1.29, 1.82) is 0 Å². The normalized spacial score (nSPS) is 20.4. The van der Waals surface area contributed by atoms with Gasteiger partial charge in [-0.2, -0.15) is 0 Å². The van der Waals surface area contributed by atoms with E-state index in [1.807, 2.05) is 0 Å². The molecule has 0 spiro atoms. The molecule has 7 heteroatoms. The summed E-state index contributed by atoms with van der Waals surface area (Å²) >= 11 is 0. The summed E-state index contributed by atoms with van der Waals surface area (Å²) in [4.78, 5) is -0.905. The molecule has 0 aromatic heterocycles. The van der Waals surface area contributed by atoms with Crippen LogP contribution in [0.5, 0.6) is 0 Å². The highest BCUT2D eigenvalue weighted by Crippen LogP contribution is 2.25. The van der Waals surface area contributed by atoms with Gasteiger partial charge in [-0.15, -0.1) is 0 Å². The Bertz CT molecular complexity index is 340. The van der Waals surface area contributed by atoms with E-state index in [0.717, 1.165) is 6.08 Å². The van der Waals surface area contributed by atoms with Crippen molar-refractivity contribution in [1.82, 2.24) is 6.15 Å². The summed E-state index contributed by atoms with van der Waals surface area (Å²) in [5.41, 5.74) is 0. The summed E-state index contributed by atoms with van der Waals surface area (Å²) in [7, 11) is -4.77. The molecule has 1 rings (SSSR count). The first-order chi connectivity index (χ1) is 5.34.